The van der Waals surface area contributed by atoms with Crippen molar-refractivity contribution in [3.05, 3.63) is 29.7 Å². The molecule has 0 aliphatic heterocycles. The zero-order valence-electron chi connectivity index (χ0n) is 16.7. The molecule has 4 N–H and O–H groups in total. The van der Waals surface area contributed by atoms with Gasteiger partial charge in [-0.3, -0.25) is 14.6 Å². The van der Waals surface area contributed by atoms with Gasteiger partial charge in [0, 0.05) is 37.0 Å². The highest BCUT2D eigenvalue weighted by molar-refractivity contribution is 6.02. The van der Waals surface area contributed by atoms with Gasteiger partial charge in [-0.2, -0.15) is 10.2 Å². The molecule has 0 bridgehead atoms. The lowest BCUT2D eigenvalue weighted by Crippen LogP contribution is -2.32. The molecule has 2 aromatic heterocycles. The second-order valence-corrected chi connectivity index (χ2v) is 7.56. The number of anilines is 1. The van der Waals surface area contributed by atoms with Crippen LogP contribution in [0.3, 0.4) is 0 Å². The van der Waals surface area contributed by atoms with Crippen LogP contribution in [0.4, 0.5) is 10.6 Å². The van der Waals surface area contributed by atoms with Crippen LogP contribution >= 0.6 is 0 Å². The van der Waals surface area contributed by atoms with Crippen LogP contribution in [-0.2, 0) is 11.3 Å². The summed E-state index contributed by atoms with van der Waals surface area (Å²) < 4.78 is 6.63. The van der Waals surface area contributed by atoms with Gasteiger partial charge < -0.3 is 20.5 Å². The molecule has 158 valence electrons. The van der Waals surface area contributed by atoms with E-state index in [0.717, 1.165) is 31.4 Å². The highest BCUT2D eigenvalue weighted by atomic mass is 16.5. The molecule has 1 saturated carbocycles. The normalized spacial score (nSPS) is 19.8. The number of carboxylic acid groups (broad SMARTS) is 1. The number of aromatic nitrogens is 4. The molecule has 1 aliphatic carbocycles. The number of nitrogens with one attached hydrogen (secondary N) is 3. The molecule has 0 spiro atoms. The predicted molar refractivity (Wildman–Crippen MR) is 106 cm³/mol. The van der Waals surface area contributed by atoms with Crippen molar-refractivity contribution in [2.45, 2.75) is 51.1 Å². The molecule has 0 aromatic carbocycles. The van der Waals surface area contributed by atoms with Gasteiger partial charge in [0.05, 0.1) is 13.2 Å². The van der Waals surface area contributed by atoms with Gasteiger partial charge >= 0.3 is 6.09 Å². The third-order valence-electron chi connectivity index (χ3n) is 5.33. The summed E-state index contributed by atoms with van der Waals surface area (Å²) in [5, 5.41) is 25.5. The highest BCUT2D eigenvalue weighted by Gasteiger charge is 2.28. The molecular weight excluding hydrogens is 376 g/mol. The minimum Gasteiger partial charge on any atom is -0.465 e. The average molecular weight is 404 g/mol. The lowest BCUT2D eigenvalue weighted by Gasteiger charge is -2.16. The minimum absolute atomic E-state index is 0.0594. The van der Waals surface area contributed by atoms with E-state index >= 15 is 0 Å². The van der Waals surface area contributed by atoms with E-state index < -0.39 is 6.09 Å². The lowest BCUT2D eigenvalue weighted by atomic mass is 9.96. The molecule has 29 heavy (non-hydrogen) atoms. The van der Waals surface area contributed by atoms with E-state index in [9.17, 15) is 9.59 Å². The van der Waals surface area contributed by atoms with Crippen molar-refractivity contribution >= 4 is 17.8 Å². The molecule has 3 unspecified atom stereocenters. The van der Waals surface area contributed by atoms with Crippen LogP contribution in [0.2, 0.25) is 0 Å². The minimum atomic E-state index is -0.982. The summed E-state index contributed by atoms with van der Waals surface area (Å²) in [6, 6.07) is 3.47. The number of H-pyrrole nitrogens is 1. The Balaban J connectivity index is 1.54. The van der Waals surface area contributed by atoms with Gasteiger partial charge in [0.15, 0.2) is 5.82 Å². The van der Waals surface area contributed by atoms with Gasteiger partial charge in [0.25, 0.3) is 5.91 Å². The van der Waals surface area contributed by atoms with E-state index in [-0.39, 0.29) is 11.9 Å². The zero-order chi connectivity index (χ0) is 20.8. The monoisotopic (exact) mass is 404 g/mol. The number of aromatic amines is 1. The first-order valence-electron chi connectivity index (χ1n) is 9.83. The number of rotatable bonds is 9. The third-order valence-corrected chi connectivity index (χ3v) is 5.33. The number of ether oxygens (including phenoxy) is 1. The van der Waals surface area contributed by atoms with E-state index in [0.29, 0.717) is 36.5 Å². The van der Waals surface area contributed by atoms with Gasteiger partial charge in [0.1, 0.15) is 5.69 Å². The Morgan fingerprint density at radius 3 is 3.03 bits per heavy atom. The van der Waals surface area contributed by atoms with Crippen molar-refractivity contribution in [2.24, 2.45) is 5.92 Å². The second-order valence-electron chi connectivity index (χ2n) is 7.56. The van der Waals surface area contributed by atoms with Crippen LogP contribution in [0.5, 0.6) is 0 Å². The molecule has 3 atom stereocenters. The summed E-state index contributed by atoms with van der Waals surface area (Å²) >= 11 is 0. The molecule has 2 heterocycles. The summed E-state index contributed by atoms with van der Waals surface area (Å²) in [6.45, 7) is 2.86. The predicted octanol–water partition coefficient (Wildman–Crippen LogP) is 2.43. The van der Waals surface area contributed by atoms with Gasteiger partial charge in [0.2, 0.25) is 0 Å². The van der Waals surface area contributed by atoms with Gasteiger partial charge in [-0.05, 0) is 44.6 Å². The second kappa shape index (κ2) is 9.55. The number of hydrogen-bond acceptors (Lipinski definition) is 5. The van der Waals surface area contributed by atoms with Crippen LogP contribution < -0.4 is 10.6 Å². The van der Waals surface area contributed by atoms with Gasteiger partial charge in [-0.25, -0.2) is 4.79 Å². The molecule has 0 saturated heterocycles. The average Bonchev–Trinajstić information content (AvgIpc) is 3.39. The van der Waals surface area contributed by atoms with E-state index in [4.69, 9.17) is 9.84 Å². The first-order chi connectivity index (χ1) is 14.0. The van der Waals surface area contributed by atoms with Crippen molar-refractivity contribution in [3.8, 4) is 0 Å². The van der Waals surface area contributed by atoms with Gasteiger partial charge in [-0.15, -0.1) is 0 Å². The number of carbonyl (C=O) groups is 2. The summed E-state index contributed by atoms with van der Waals surface area (Å²) in [6.07, 6.45) is 4.47. The number of nitrogens with zero attached hydrogens (tertiary/aromatic N) is 3. The largest absolute Gasteiger partial charge is 0.465 e. The quantitative estimate of drug-likeness (QED) is 0.507. The van der Waals surface area contributed by atoms with E-state index in [2.05, 4.69) is 25.9 Å². The van der Waals surface area contributed by atoms with Crippen LogP contribution in [0.15, 0.2) is 18.3 Å². The first kappa shape index (κ1) is 20.8. The van der Waals surface area contributed by atoms with Crippen molar-refractivity contribution in [1.29, 1.82) is 0 Å². The molecular formula is C19H28N6O4. The van der Waals surface area contributed by atoms with Crippen molar-refractivity contribution < 1.29 is 19.4 Å². The molecule has 10 heteroatoms. The smallest absolute Gasteiger partial charge is 0.404 e. The number of amides is 2. The van der Waals surface area contributed by atoms with Crippen molar-refractivity contribution in [1.82, 2.24) is 25.3 Å². The maximum atomic E-state index is 12.5. The maximum Gasteiger partial charge on any atom is 0.404 e. The Labute approximate surface area is 169 Å². The SMILES string of the molecule is COCCn1nccc1C(=O)Nc1cc(C2CCC(CC(C)NC(=O)O)C2)[nH]n1. The zero-order valence-corrected chi connectivity index (χ0v) is 16.7. The van der Waals surface area contributed by atoms with Crippen molar-refractivity contribution in [2.75, 3.05) is 19.0 Å². The van der Waals surface area contributed by atoms with E-state index in [1.807, 2.05) is 13.0 Å². The fraction of sp³-hybridized carbons (Fsp3) is 0.579. The van der Waals surface area contributed by atoms with Gasteiger partial charge in [-0.1, -0.05) is 0 Å². The molecule has 2 amide bonds. The van der Waals surface area contributed by atoms with Crippen molar-refractivity contribution in [3.63, 3.8) is 0 Å². The summed E-state index contributed by atoms with van der Waals surface area (Å²) in [4.78, 5) is 23.3. The molecule has 10 nitrogen and oxygen atoms in total. The molecule has 3 rings (SSSR count). The Bertz CT molecular complexity index is 832. The molecule has 2 aromatic rings. The topological polar surface area (TPSA) is 134 Å². The third kappa shape index (κ3) is 5.57. The van der Waals surface area contributed by atoms with E-state index in [1.165, 1.54) is 0 Å². The lowest BCUT2D eigenvalue weighted by molar-refractivity contribution is 0.101. The summed E-state index contributed by atoms with van der Waals surface area (Å²) in [7, 11) is 1.60. The Hall–Kier alpha value is -2.88. The highest BCUT2D eigenvalue weighted by Crippen LogP contribution is 2.40. The number of methoxy groups -OCH3 is 1. The Morgan fingerprint density at radius 1 is 1.45 bits per heavy atom. The molecule has 0 radical (unpaired) electrons. The Kier molecular flexibility index (Phi) is 6.86. The maximum absolute atomic E-state index is 12.5. The van der Waals surface area contributed by atoms with E-state index in [1.54, 1.807) is 24.1 Å². The Morgan fingerprint density at radius 2 is 2.28 bits per heavy atom. The first-order valence-corrected chi connectivity index (χ1v) is 9.83. The molecule has 1 aliphatic rings. The summed E-state index contributed by atoms with van der Waals surface area (Å²) in [5.74, 6) is 1.02. The summed E-state index contributed by atoms with van der Waals surface area (Å²) in [5.41, 5.74) is 1.45. The van der Waals surface area contributed by atoms with Crippen LogP contribution in [0.25, 0.3) is 0 Å². The fourth-order valence-corrected chi connectivity index (χ4v) is 4.01. The fourth-order valence-electron chi connectivity index (χ4n) is 4.01. The molecule has 1 fully saturated rings. The van der Waals surface area contributed by atoms with Crippen LogP contribution in [0, 0.1) is 5.92 Å². The standard InChI is InChI=1S/C19H28N6O4/c1-12(21-19(27)28)9-13-3-4-14(10-13)15-11-17(24-23-15)22-18(26)16-5-6-20-25(16)7-8-29-2/h5-6,11-14,21H,3-4,7-10H2,1-2H3,(H,27,28)(H2,22,23,24,26). The number of hydrogen-bond donors (Lipinski definition) is 4. The van der Waals surface area contributed by atoms with Crippen LogP contribution in [-0.4, -0.2) is 56.8 Å². The van der Waals surface area contributed by atoms with Crippen LogP contribution in [0.1, 0.15) is 54.7 Å². The number of carbonyl (C=O) groups excluding carboxylic acids is 1.